The zero-order valence-corrected chi connectivity index (χ0v) is 24.7. The van der Waals surface area contributed by atoms with Crippen LogP contribution in [0.25, 0.3) is 0 Å². The number of carbonyl (C=O) groups excluding carboxylic acids is 2. The van der Waals surface area contributed by atoms with Gasteiger partial charge >= 0.3 is 0 Å². The van der Waals surface area contributed by atoms with E-state index < -0.39 is 40.3 Å². The fraction of sp³-hybridized carbons (Fsp3) is 0.310. The summed E-state index contributed by atoms with van der Waals surface area (Å²) in [5.41, 5.74) is -0.852. The summed E-state index contributed by atoms with van der Waals surface area (Å²) in [5.74, 6) is -1.48. The maximum Gasteiger partial charge on any atom is 0.287 e. The Morgan fingerprint density at radius 2 is 1.85 bits per heavy atom. The molecule has 0 aliphatic carbocycles. The summed E-state index contributed by atoms with van der Waals surface area (Å²) in [5, 5.41) is 14.2. The van der Waals surface area contributed by atoms with Crippen LogP contribution in [0.3, 0.4) is 0 Å². The van der Waals surface area contributed by atoms with Gasteiger partial charge in [-0.25, -0.2) is 0 Å². The van der Waals surface area contributed by atoms with Crippen LogP contribution in [0.15, 0.2) is 72.8 Å². The van der Waals surface area contributed by atoms with Crippen LogP contribution in [0.1, 0.15) is 19.4 Å². The van der Waals surface area contributed by atoms with Crippen molar-refractivity contribution in [3.8, 4) is 11.5 Å². The van der Waals surface area contributed by atoms with Crippen LogP contribution < -0.4 is 19.7 Å². The van der Waals surface area contributed by atoms with Crippen LogP contribution in [0.2, 0.25) is 0 Å². The van der Waals surface area contributed by atoms with Crippen LogP contribution >= 0.6 is 22.6 Å². The number of carbonyl (C=O) groups is 2. The topological polar surface area (TPSA) is 129 Å². The molecule has 0 radical (unpaired) electrons. The van der Waals surface area contributed by atoms with E-state index in [9.17, 15) is 19.7 Å². The minimum atomic E-state index is -2.06. The fourth-order valence-electron chi connectivity index (χ4n) is 5.02. The van der Waals surface area contributed by atoms with E-state index in [1.165, 1.54) is 23.1 Å². The number of β-lactam (4-membered cyclic amide) rings is 1. The molecule has 3 aromatic carbocycles. The van der Waals surface area contributed by atoms with Gasteiger partial charge < -0.3 is 24.3 Å². The summed E-state index contributed by atoms with van der Waals surface area (Å²) in [6.45, 7) is 3.76. The number of nitro benzene ring substituents is 1. The second-order valence-electron chi connectivity index (χ2n) is 10.1. The standard InChI is InChI=1S/C29H28IN3O8/c1-28(2)39-17-24(40-28)25-29(26(34)31-16-18-7-5-4-6-8-18,41-23-14-11-20(33(36)37)15-22(23)30)27(35)32(25)19-9-12-21(38-3)13-10-19/h4-15,24-25H,16-17H2,1-3H3,(H,31,34)/t24-,25+,29+/m1/s1. The number of rotatable bonds is 9. The zero-order valence-electron chi connectivity index (χ0n) is 22.5. The number of hydrogen-bond acceptors (Lipinski definition) is 8. The summed E-state index contributed by atoms with van der Waals surface area (Å²) in [7, 11) is 1.54. The SMILES string of the molecule is COc1ccc(N2C(=O)[C@@](Oc3ccc([N+](=O)[O-])cc3I)(C(=O)NCc3ccccc3)[C@@H]2[C@H]2COC(C)(C)O2)cc1. The highest BCUT2D eigenvalue weighted by molar-refractivity contribution is 14.1. The van der Waals surface area contributed by atoms with E-state index in [4.69, 9.17) is 18.9 Å². The lowest BCUT2D eigenvalue weighted by Crippen LogP contribution is -2.84. The average Bonchev–Trinajstić information content (AvgIpc) is 3.32. The van der Waals surface area contributed by atoms with E-state index in [-0.39, 0.29) is 24.6 Å². The van der Waals surface area contributed by atoms with Gasteiger partial charge in [-0.3, -0.25) is 24.6 Å². The number of non-ortho nitro benzene ring substituents is 1. The van der Waals surface area contributed by atoms with Gasteiger partial charge in [0.25, 0.3) is 23.1 Å². The van der Waals surface area contributed by atoms with Crippen molar-refractivity contribution >= 4 is 45.8 Å². The van der Waals surface area contributed by atoms with Crippen molar-refractivity contribution in [2.75, 3.05) is 18.6 Å². The van der Waals surface area contributed by atoms with Crippen molar-refractivity contribution in [3.05, 3.63) is 92.0 Å². The van der Waals surface area contributed by atoms with Gasteiger partial charge in [0.2, 0.25) is 0 Å². The Labute approximate surface area is 250 Å². The Morgan fingerprint density at radius 3 is 2.44 bits per heavy atom. The second-order valence-corrected chi connectivity index (χ2v) is 11.2. The first-order valence-electron chi connectivity index (χ1n) is 12.8. The molecule has 2 heterocycles. The highest BCUT2D eigenvalue weighted by Gasteiger charge is 2.72. The number of amides is 2. The largest absolute Gasteiger partial charge is 0.497 e. The molecule has 2 fully saturated rings. The Balaban J connectivity index is 1.58. The number of nitrogens with zero attached hydrogens (tertiary/aromatic N) is 2. The normalized spacial score (nSPS) is 23.0. The van der Waals surface area contributed by atoms with Gasteiger partial charge in [-0.1, -0.05) is 30.3 Å². The Morgan fingerprint density at radius 1 is 1.15 bits per heavy atom. The first-order chi connectivity index (χ1) is 19.6. The number of halogens is 1. The monoisotopic (exact) mass is 673 g/mol. The molecule has 214 valence electrons. The molecule has 3 aromatic rings. The summed E-state index contributed by atoms with van der Waals surface area (Å²) < 4.78 is 24.0. The van der Waals surface area contributed by atoms with Crippen LogP contribution in [-0.2, 0) is 25.6 Å². The van der Waals surface area contributed by atoms with E-state index in [1.807, 2.05) is 52.9 Å². The van der Waals surface area contributed by atoms with Gasteiger partial charge in [0.05, 0.1) is 22.2 Å². The van der Waals surface area contributed by atoms with E-state index >= 15 is 0 Å². The molecule has 2 amide bonds. The quantitative estimate of drug-likeness (QED) is 0.118. The fourth-order valence-corrected chi connectivity index (χ4v) is 5.63. The Kier molecular flexibility index (Phi) is 7.90. The van der Waals surface area contributed by atoms with E-state index in [1.54, 1.807) is 45.2 Å². The molecule has 0 saturated carbocycles. The van der Waals surface area contributed by atoms with Crippen molar-refractivity contribution in [1.82, 2.24) is 5.32 Å². The molecule has 0 aromatic heterocycles. The van der Waals surface area contributed by atoms with E-state index in [0.717, 1.165) is 5.56 Å². The lowest BCUT2D eigenvalue weighted by atomic mass is 9.76. The van der Waals surface area contributed by atoms with Gasteiger partial charge in [0, 0.05) is 24.4 Å². The summed E-state index contributed by atoms with van der Waals surface area (Å²) >= 11 is 1.89. The average molecular weight is 673 g/mol. The summed E-state index contributed by atoms with van der Waals surface area (Å²) in [4.78, 5) is 40.6. The van der Waals surface area contributed by atoms with Crippen LogP contribution in [0.5, 0.6) is 11.5 Å². The highest BCUT2D eigenvalue weighted by Crippen LogP contribution is 2.45. The third-order valence-corrected chi connectivity index (χ3v) is 7.84. The zero-order chi connectivity index (χ0) is 29.4. The Bertz CT molecular complexity index is 1470. The summed E-state index contributed by atoms with van der Waals surface area (Å²) in [6.07, 6.45) is -0.733. The van der Waals surface area contributed by atoms with Gasteiger partial charge in [0.15, 0.2) is 5.79 Å². The number of ether oxygens (including phenoxy) is 4. The molecule has 2 saturated heterocycles. The summed E-state index contributed by atoms with van der Waals surface area (Å²) in [6, 6.07) is 19.2. The van der Waals surface area contributed by atoms with Gasteiger partial charge in [-0.05, 0) is 72.3 Å². The first-order valence-corrected chi connectivity index (χ1v) is 13.9. The minimum absolute atomic E-state index is 0.103. The molecular weight excluding hydrogens is 645 g/mol. The third kappa shape index (κ3) is 5.46. The molecule has 3 atom stereocenters. The van der Waals surface area contributed by atoms with Crippen molar-refractivity contribution in [2.24, 2.45) is 0 Å². The molecule has 41 heavy (non-hydrogen) atoms. The maximum absolute atomic E-state index is 14.2. The van der Waals surface area contributed by atoms with Crippen LogP contribution in [-0.4, -0.2) is 54.0 Å². The van der Waals surface area contributed by atoms with E-state index in [0.29, 0.717) is 15.0 Å². The van der Waals surface area contributed by atoms with Crippen LogP contribution in [0, 0.1) is 13.7 Å². The highest BCUT2D eigenvalue weighted by atomic mass is 127. The number of benzene rings is 3. The number of nitrogens with one attached hydrogen (secondary N) is 1. The van der Waals surface area contributed by atoms with Crippen molar-refractivity contribution in [1.29, 1.82) is 0 Å². The van der Waals surface area contributed by atoms with Gasteiger partial charge in [-0.2, -0.15) is 0 Å². The van der Waals surface area contributed by atoms with Crippen LogP contribution in [0.4, 0.5) is 11.4 Å². The molecule has 2 aliphatic heterocycles. The smallest absolute Gasteiger partial charge is 0.287 e. The molecule has 0 spiro atoms. The van der Waals surface area contributed by atoms with E-state index in [2.05, 4.69) is 5.32 Å². The lowest BCUT2D eigenvalue weighted by molar-refractivity contribution is -0.385. The number of nitro groups is 1. The van der Waals surface area contributed by atoms with Crippen molar-refractivity contribution < 1.29 is 33.5 Å². The maximum atomic E-state index is 14.2. The van der Waals surface area contributed by atoms with Gasteiger partial charge in [-0.15, -0.1) is 0 Å². The minimum Gasteiger partial charge on any atom is -0.497 e. The third-order valence-electron chi connectivity index (χ3n) is 6.99. The second kappa shape index (κ2) is 11.3. The number of hydrogen-bond donors (Lipinski definition) is 1. The predicted molar refractivity (Wildman–Crippen MR) is 157 cm³/mol. The Hall–Kier alpha value is -3.75. The predicted octanol–water partition coefficient (Wildman–Crippen LogP) is 4.21. The molecule has 12 heteroatoms. The molecule has 0 bridgehead atoms. The molecule has 11 nitrogen and oxygen atoms in total. The van der Waals surface area contributed by atoms with Crippen molar-refractivity contribution in [3.63, 3.8) is 0 Å². The lowest BCUT2D eigenvalue weighted by Gasteiger charge is -2.55. The molecule has 2 aliphatic rings. The van der Waals surface area contributed by atoms with Gasteiger partial charge in [0.1, 0.15) is 23.6 Å². The first kappa shape index (κ1) is 28.8. The number of methoxy groups -OCH3 is 1. The molecule has 5 rings (SSSR count). The number of anilines is 1. The molecule has 1 N–H and O–H groups in total. The molecular formula is C29H28IN3O8. The molecule has 0 unspecified atom stereocenters. The van der Waals surface area contributed by atoms with Crippen molar-refractivity contribution in [2.45, 2.75) is 43.9 Å².